The zero-order chi connectivity index (χ0) is 22.5. The van der Waals surface area contributed by atoms with Gasteiger partial charge in [-0.1, -0.05) is 67.1 Å². The molecule has 1 aliphatic heterocycles. The first-order valence-electron chi connectivity index (χ1n) is 11.6. The van der Waals surface area contributed by atoms with Crippen LogP contribution < -0.4 is 0 Å². The molecule has 5 nitrogen and oxygen atoms in total. The summed E-state index contributed by atoms with van der Waals surface area (Å²) in [5.74, 6) is 0.989. The highest BCUT2D eigenvalue weighted by atomic mass is 32.2. The van der Waals surface area contributed by atoms with Gasteiger partial charge in [0.2, 0.25) is 5.91 Å². The molecule has 1 saturated heterocycles. The van der Waals surface area contributed by atoms with E-state index < -0.39 is 0 Å². The predicted octanol–water partition coefficient (Wildman–Crippen LogP) is 5.69. The Kier molecular flexibility index (Phi) is 7.30. The zero-order valence-electron chi connectivity index (χ0n) is 19.3. The summed E-state index contributed by atoms with van der Waals surface area (Å²) in [5, 5.41) is 9.61. The number of likely N-dealkylation sites (tertiary alicyclic amines) is 1. The van der Waals surface area contributed by atoms with Gasteiger partial charge in [-0.3, -0.25) is 9.36 Å². The van der Waals surface area contributed by atoms with Crippen molar-refractivity contribution in [2.75, 3.05) is 13.1 Å². The van der Waals surface area contributed by atoms with Crippen LogP contribution in [0, 0.1) is 6.92 Å². The topological polar surface area (TPSA) is 51.0 Å². The predicted molar refractivity (Wildman–Crippen MR) is 131 cm³/mol. The van der Waals surface area contributed by atoms with Gasteiger partial charge in [0.15, 0.2) is 11.0 Å². The molecule has 2 heterocycles. The van der Waals surface area contributed by atoms with E-state index in [-0.39, 0.29) is 11.2 Å². The number of carbonyl (C=O) groups is 1. The summed E-state index contributed by atoms with van der Waals surface area (Å²) in [5.41, 5.74) is 4.59. The van der Waals surface area contributed by atoms with Crippen LogP contribution in [0.4, 0.5) is 0 Å². The Bertz CT molecular complexity index is 1040. The lowest BCUT2D eigenvalue weighted by atomic mass is 10.1. The summed E-state index contributed by atoms with van der Waals surface area (Å²) < 4.78 is 2.09. The van der Waals surface area contributed by atoms with Crippen molar-refractivity contribution in [3.63, 3.8) is 0 Å². The average Bonchev–Trinajstić information content (AvgIpc) is 3.49. The SMILES string of the molecule is CCCCc1ccc(-n2c(SC(C)C(=O)N3CCCC3)nnc2-c2ccc(C)cc2)cc1. The molecule has 0 bridgehead atoms. The van der Waals surface area contributed by atoms with Crippen LogP contribution in [0.2, 0.25) is 0 Å². The quantitative estimate of drug-likeness (QED) is 0.416. The van der Waals surface area contributed by atoms with Crippen molar-refractivity contribution in [3.8, 4) is 17.1 Å². The van der Waals surface area contributed by atoms with Crippen LogP contribution in [0.3, 0.4) is 0 Å². The van der Waals surface area contributed by atoms with Gasteiger partial charge in [0.25, 0.3) is 0 Å². The maximum atomic E-state index is 12.9. The van der Waals surface area contributed by atoms with Crippen LogP contribution in [0.5, 0.6) is 0 Å². The first kappa shape index (κ1) is 22.6. The van der Waals surface area contributed by atoms with Gasteiger partial charge >= 0.3 is 0 Å². The van der Waals surface area contributed by atoms with E-state index in [0.717, 1.165) is 54.6 Å². The fraction of sp³-hybridized carbons (Fsp3) is 0.423. The molecule has 6 heteroatoms. The van der Waals surface area contributed by atoms with Gasteiger partial charge in [-0.05, 0) is 57.2 Å². The third kappa shape index (κ3) is 5.07. The molecule has 168 valence electrons. The van der Waals surface area contributed by atoms with Gasteiger partial charge < -0.3 is 4.90 Å². The fourth-order valence-electron chi connectivity index (χ4n) is 4.06. The lowest BCUT2D eigenvalue weighted by molar-refractivity contribution is -0.129. The van der Waals surface area contributed by atoms with E-state index in [0.29, 0.717) is 0 Å². The van der Waals surface area contributed by atoms with E-state index in [4.69, 9.17) is 0 Å². The van der Waals surface area contributed by atoms with Gasteiger partial charge in [-0.15, -0.1) is 10.2 Å². The Balaban J connectivity index is 1.67. The van der Waals surface area contributed by atoms with Crippen molar-refractivity contribution in [1.82, 2.24) is 19.7 Å². The molecule has 1 aromatic heterocycles. The molecular formula is C26H32N4OS. The van der Waals surface area contributed by atoms with E-state index >= 15 is 0 Å². The number of amides is 1. The van der Waals surface area contributed by atoms with Crippen LogP contribution in [-0.4, -0.2) is 43.9 Å². The molecule has 0 radical (unpaired) electrons. The number of hydrogen-bond acceptors (Lipinski definition) is 4. The molecule has 1 amide bonds. The first-order chi connectivity index (χ1) is 15.6. The van der Waals surface area contributed by atoms with Crippen molar-refractivity contribution in [2.24, 2.45) is 0 Å². The monoisotopic (exact) mass is 448 g/mol. The molecule has 1 aliphatic rings. The van der Waals surface area contributed by atoms with E-state index in [1.807, 2.05) is 11.8 Å². The van der Waals surface area contributed by atoms with Crippen molar-refractivity contribution >= 4 is 17.7 Å². The first-order valence-corrected chi connectivity index (χ1v) is 12.5. The second-order valence-corrected chi connectivity index (χ2v) is 9.88. The molecule has 0 N–H and O–H groups in total. The average molecular weight is 449 g/mol. The molecular weight excluding hydrogens is 416 g/mol. The molecule has 0 spiro atoms. The van der Waals surface area contributed by atoms with Gasteiger partial charge in [-0.25, -0.2) is 0 Å². The van der Waals surface area contributed by atoms with Crippen molar-refractivity contribution in [1.29, 1.82) is 0 Å². The number of unbranched alkanes of at least 4 members (excludes halogenated alkanes) is 1. The Morgan fingerprint density at radius 3 is 2.38 bits per heavy atom. The summed E-state index contributed by atoms with van der Waals surface area (Å²) in [6.07, 6.45) is 5.67. The third-order valence-corrected chi connectivity index (χ3v) is 7.03. The van der Waals surface area contributed by atoms with Gasteiger partial charge in [-0.2, -0.15) is 0 Å². The molecule has 3 aromatic rings. The maximum Gasteiger partial charge on any atom is 0.235 e. The Morgan fingerprint density at radius 2 is 1.72 bits per heavy atom. The smallest absolute Gasteiger partial charge is 0.235 e. The molecule has 2 aromatic carbocycles. The molecule has 0 saturated carbocycles. The summed E-state index contributed by atoms with van der Waals surface area (Å²) in [6.45, 7) is 8.00. The largest absolute Gasteiger partial charge is 0.342 e. The second-order valence-electron chi connectivity index (χ2n) is 8.57. The number of hydrogen-bond donors (Lipinski definition) is 0. The zero-order valence-corrected chi connectivity index (χ0v) is 20.1. The van der Waals surface area contributed by atoms with Crippen molar-refractivity contribution in [2.45, 2.75) is 63.3 Å². The number of aryl methyl sites for hydroxylation is 2. The highest BCUT2D eigenvalue weighted by molar-refractivity contribution is 8.00. The number of nitrogens with zero attached hydrogens (tertiary/aromatic N) is 4. The minimum atomic E-state index is -0.203. The van der Waals surface area contributed by atoms with Crippen molar-refractivity contribution < 1.29 is 4.79 Å². The molecule has 1 fully saturated rings. The molecule has 0 aliphatic carbocycles. The van der Waals surface area contributed by atoms with Crippen LogP contribution in [0.15, 0.2) is 53.7 Å². The van der Waals surface area contributed by atoms with Crippen LogP contribution in [0.1, 0.15) is 50.7 Å². The fourth-order valence-corrected chi connectivity index (χ4v) is 5.02. The maximum absolute atomic E-state index is 12.9. The number of thioether (sulfide) groups is 1. The van der Waals surface area contributed by atoms with Gasteiger partial charge in [0.1, 0.15) is 0 Å². The summed E-state index contributed by atoms with van der Waals surface area (Å²) in [4.78, 5) is 14.9. The second kappa shape index (κ2) is 10.3. The molecule has 1 unspecified atom stereocenters. The molecule has 1 atom stereocenters. The number of rotatable bonds is 8. The number of aromatic nitrogens is 3. The van der Waals surface area contributed by atoms with Gasteiger partial charge in [0.05, 0.1) is 5.25 Å². The van der Waals surface area contributed by atoms with Crippen LogP contribution >= 0.6 is 11.8 Å². The van der Waals surface area contributed by atoms with Crippen molar-refractivity contribution in [3.05, 3.63) is 59.7 Å². The summed E-state index contributed by atoms with van der Waals surface area (Å²) >= 11 is 1.49. The Labute approximate surface area is 195 Å². The van der Waals surface area contributed by atoms with E-state index in [2.05, 4.69) is 77.1 Å². The minimum Gasteiger partial charge on any atom is -0.342 e. The lowest BCUT2D eigenvalue weighted by Gasteiger charge is -2.20. The van der Waals surface area contributed by atoms with Gasteiger partial charge in [0, 0.05) is 24.3 Å². The minimum absolute atomic E-state index is 0.189. The highest BCUT2D eigenvalue weighted by Gasteiger charge is 2.26. The highest BCUT2D eigenvalue weighted by Crippen LogP contribution is 2.31. The van der Waals surface area contributed by atoms with E-state index in [1.54, 1.807) is 0 Å². The number of benzene rings is 2. The third-order valence-electron chi connectivity index (χ3n) is 6.00. The van der Waals surface area contributed by atoms with E-state index in [1.165, 1.54) is 35.7 Å². The Morgan fingerprint density at radius 1 is 1.03 bits per heavy atom. The standard InChI is InChI=1S/C26H32N4OS/c1-4-5-8-21-11-15-23(16-12-21)30-24(22-13-9-19(2)10-14-22)27-28-26(30)32-20(3)25(31)29-17-6-7-18-29/h9-16,20H,4-8,17-18H2,1-3H3. The summed E-state index contributed by atoms with van der Waals surface area (Å²) in [6, 6.07) is 17.0. The lowest BCUT2D eigenvalue weighted by Crippen LogP contribution is -2.34. The van der Waals surface area contributed by atoms with Crippen LogP contribution in [0.25, 0.3) is 17.1 Å². The van der Waals surface area contributed by atoms with Crippen LogP contribution in [-0.2, 0) is 11.2 Å². The molecule has 32 heavy (non-hydrogen) atoms. The number of carbonyl (C=O) groups excluding carboxylic acids is 1. The normalized spacial score (nSPS) is 14.7. The summed E-state index contributed by atoms with van der Waals surface area (Å²) in [7, 11) is 0. The Hall–Kier alpha value is -2.60. The van der Waals surface area contributed by atoms with E-state index in [9.17, 15) is 4.79 Å². The molecule has 4 rings (SSSR count).